The molecule has 2 unspecified atom stereocenters. The monoisotopic (exact) mass is 379 g/mol. The SMILES string of the molecule is O=[PH](NCCCNCCCN[PH](=O)c1ccccc1)c1ccccc1. The maximum absolute atomic E-state index is 12.0. The van der Waals surface area contributed by atoms with Crippen LogP contribution in [0.15, 0.2) is 60.7 Å². The molecule has 3 N–H and O–H groups in total. The van der Waals surface area contributed by atoms with Crippen LogP contribution in [0.1, 0.15) is 12.8 Å². The van der Waals surface area contributed by atoms with Crippen molar-refractivity contribution in [2.24, 2.45) is 0 Å². The van der Waals surface area contributed by atoms with Crippen LogP contribution >= 0.6 is 15.9 Å². The van der Waals surface area contributed by atoms with E-state index < -0.39 is 15.9 Å². The largest absolute Gasteiger partial charge is 0.317 e. The fraction of sp³-hybridized carbons (Fsp3) is 0.333. The maximum atomic E-state index is 12.0. The average Bonchev–Trinajstić information content (AvgIpc) is 2.67. The summed E-state index contributed by atoms with van der Waals surface area (Å²) in [5.74, 6) is 0. The molecule has 0 aliphatic carbocycles. The molecule has 5 nitrogen and oxygen atoms in total. The molecule has 2 aromatic carbocycles. The molecule has 0 spiro atoms. The summed E-state index contributed by atoms with van der Waals surface area (Å²) in [6.45, 7) is 3.23. The van der Waals surface area contributed by atoms with Gasteiger partial charge in [-0.1, -0.05) is 60.7 Å². The summed E-state index contributed by atoms with van der Waals surface area (Å²) in [4.78, 5) is 0. The van der Waals surface area contributed by atoms with Crippen LogP contribution in [0.4, 0.5) is 0 Å². The summed E-state index contributed by atoms with van der Waals surface area (Å²) >= 11 is 0. The van der Waals surface area contributed by atoms with E-state index in [2.05, 4.69) is 15.5 Å². The smallest absolute Gasteiger partial charge is 0.164 e. The van der Waals surface area contributed by atoms with Gasteiger partial charge in [-0.25, -0.2) is 0 Å². The second-order valence-electron chi connectivity index (χ2n) is 5.70. The lowest BCUT2D eigenvalue weighted by Gasteiger charge is -2.08. The zero-order valence-electron chi connectivity index (χ0n) is 14.3. The molecule has 0 aliphatic heterocycles. The van der Waals surface area contributed by atoms with Crippen LogP contribution in [-0.4, -0.2) is 26.2 Å². The Bertz CT molecular complexity index is 596. The van der Waals surface area contributed by atoms with E-state index in [1.165, 1.54) is 0 Å². The first-order chi connectivity index (χ1) is 12.3. The van der Waals surface area contributed by atoms with Gasteiger partial charge in [0, 0.05) is 23.7 Å². The Morgan fingerprint density at radius 1 is 0.600 bits per heavy atom. The summed E-state index contributed by atoms with van der Waals surface area (Å²) in [7, 11) is -3.75. The van der Waals surface area contributed by atoms with Gasteiger partial charge >= 0.3 is 0 Å². The first kappa shape index (κ1) is 20.1. The zero-order valence-corrected chi connectivity index (χ0v) is 16.3. The van der Waals surface area contributed by atoms with Crippen LogP contribution in [0, 0.1) is 0 Å². The van der Waals surface area contributed by atoms with Crippen LogP contribution in [0.3, 0.4) is 0 Å². The highest BCUT2D eigenvalue weighted by atomic mass is 31.1. The average molecular weight is 379 g/mol. The molecule has 0 amide bonds. The van der Waals surface area contributed by atoms with E-state index in [1.54, 1.807) is 0 Å². The summed E-state index contributed by atoms with van der Waals surface area (Å²) in [6, 6.07) is 19.0. The Morgan fingerprint density at radius 2 is 1.00 bits per heavy atom. The third-order valence-electron chi connectivity index (χ3n) is 3.70. The van der Waals surface area contributed by atoms with Crippen LogP contribution in [0.5, 0.6) is 0 Å². The lowest BCUT2D eigenvalue weighted by Crippen LogP contribution is -2.23. The number of hydrogen-bond acceptors (Lipinski definition) is 3. The van der Waals surface area contributed by atoms with Gasteiger partial charge in [0.15, 0.2) is 15.9 Å². The molecule has 2 rings (SSSR count). The van der Waals surface area contributed by atoms with Crippen LogP contribution in [0.2, 0.25) is 0 Å². The minimum absolute atomic E-state index is 0.736. The van der Waals surface area contributed by atoms with Crippen LogP contribution in [-0.2, 0) is 9.13 Å². The second kappa shape index (κ2) is 12.2. The van der Waals surface area contributed by atoms with E-state index in [9.17, 15) is 9.13 Å². The first-order valence-electron chi connectivity index (χ1n) is 8.64. The molecule has 0 aromatic heterocycles. The van der Waals surface area contributed by atoms with E-state index in [4.69, 9.17) is 0 Å². The number of hydrogen-bond donors (Lipinski definition) is 3. The van der Waals surface area contributed by atoms with Crippen molar-refractivity contribution in [3.63, 3.8) is 0 Å². The molecular formula is C18H27N3O2P2. The van der Waals surface area contributed by atoms with Crippen molar-refractivity contribution in [3.05, 3.63) is 60.7 Å². The number of nitrogens with one attached hydrogen (secondary N) is 3. The standard InChI is InChI=1S/C18H27N3O2P2/c22-24(17-9-3-1-4-10-17)20-15-7-13-19-14-8-16-21-25(23)18-11-5-2-6-12-18/h1-6,9-12,19,24-25H,7-8,13-16H2,(H,20,22)(H,21,23). The van der Waals surface area contributed by atoms with E-state index >= 15 is 0 Å². The molecule has 0 radical (unpaired) electrons. The summed E-state index contributed by atoms with van der Waals surface area (Å²) < 4.78 is 24.0. The highest BCUT2D eigenvalue weighted by Gasteiger charge is 2.01. The Kier molecular flexibility index (Phi) is 9.79. The molecule has 25 heavy (non-hydrogen) atoms. The molecule has 0 heterocycles. The zero-order chi connectivity index (χ0) is 17.7. The Morgan fingerprint density at radius 3 is 1.40 bits per heavy atom. The summed E-state index contributed by atoms with van der Waals surface area (Å²) in [5.41, 5.74) is 0. The van der Waals surface area contributed by atoms with Crippen molar-refractivity contribution in [1.29, 1.82) is 0 Å². The van der Waals surface area contributed by atoms with Gasteiger partial charge in [0.05, 0.1) is 0 Å². The summed E-state index contributed by atoms with van der Waals surface area (Å²) in [6.07, 6.45) is 1.86. The molecule has 136 valence electrons. The van der Waals surface area contributed by atoms with E-state index in [0.717, 1.165) is 49.6 Å². The minimum Gasteiger partial charge on any atom is -0.317 e. The predicted octanol–water partition coefficient (Wildman–Crippen LogP) is 2.14. The molecule has 0 bridgehead atoms. The molecule has 0 saturated carbocycles. The highest BCUT2D eigenvalue weighted by molar-refractivity contribution is 7.51. The van der Waals surface area contributed by atoms with Gasteiger partial charge in [-0.3, -0.25) is 10.2 Å². The van der Waals surface area contributed by atoms with Crippen molar-refractivity contribution in [2.75, 3.05) is 26.2 Å². The molecular weight excluding hydrogens is 352 g/mol. The van der Waals surface area contributed by atoms with Crippen LogP contribution < -0.4 is 26.1 Å². The van der Waals surface area contributed by atoms with Crippen molar-refractivity contribution < 1.29 is 9.13 Å². The first-order valence-corrected chi connectivity index (χ1v) is 11.5. The van der Waals surface area contributed by atoms with E-state index in [-0.39, 0.29) is 0 Å². The van der Waals surface area contributed by atoms with Gasteiger partial charge < -0.3 is 14.4 Å². The third-order valence-corrected chi connectivity index (χ3v) is 6.56. The van der Waals surface area contributed by atoms with Crippen molar-refractivity contribution in [2.45, 2.75) is 12.8 Å². The van der Waals surface area contributed by atoms with Gasteiger partial charge in [0.25, 0.3) is 0 Å². The van der Waals surface area contributed by atoms with Crippen molar-refractivity contribution in [1.82, 2.24) is 15.5 Å². The van der Waals surface area contributed by atoms with Crippen molar-refractivity contribution in [3.8, 4) is 0 Å². The lowest BCUT2D eigenvalue weighted by atomic mass is 10.4. The third kappa shape index (κ3) is 8.13. The normalized spacial score (nSPS) is 13.4. The number of rotatable bonds is 12. The maximum Gasteiger partial charge on any atom is 0.164 e. The molecule has 2 atom stereocenters. The van der Waals surface area contributed by atoms with Gasteiger partial charge in [-0.05, 0) is 25.9 Å². The molecule has 2 aromatic rings. The van der Waals surface area contributed by atoms with Crippen LogP contribution in [0.25, 0.3) is 0 Å². The second-order valence-corrected chi connectivity index (χ2v) is 8.88. The van der Waals surface area contributed by atoms with Gasteiger partial charge in [0.1, 0.15) is 0 Å². The summed E-state index contributed by atoms with van der Waals surface area (Å²) in [5, 5.41) is 11.3. The fourth-order valence-electron chi connectivity index (χ4n) is 2.34. The van der Waals surface area contributed by atoms with E-state index in [1.807, 2.05) is 60.7 Å². The molecule has 0 fully saturated rings. The minimum atomic E-state index is -1.87. The Balaban J connectivity index is 1.45. The van der Waals surface area contributed by atoms with E-state index in [0.29, 0.717) is 0 Å². The highest BCUT2D eigenvalue weighted by Crippen LogP contribution is 2.13. The number of benzene rings is 2. The topological polar surface area (TPSA) is 70.2 Å². The predicted molar refractivity (Wildman–Crippen MR) is 108 cm³/mol. The Labute approximate surface area is 151 Å². The molecule has 0 saturated heterocycles. The van der Waals surface area contributed by atoms with Gasteiger partial charge in [-0.15, -0.1) is 0 Å². The quantitative estimate of drug-likeness (QED) is 0.389. The molecule has 7 heteroatoms. The lowest BCUT2D eigenvalue weighted by molar-refractivity contribution is 0.574. The van der Waals surface area contributed by atoms with Gasteiger partial charge in [0.2, 0.25) is 0 Å². The fourth-order valence-corrected chi connectivity index (χ4v) is 4.55. The molecule has 0 aliphatic rings. The van der Waals surface area contributed by atoms with Crippen molar-refractivity contribution >= 4 is 26.5 Å². The Hall–Kier alpha value is -1.22. The van der Waals surface area contributed by atoms with Gasteiger partial charge in [-0.2, -0.15) is 0 Å².